The van der Waals surface area contributed by atoms with Gasteiger partial charge in [0.25, 0.3) is 5.91 Å². The largest absolute Gasteiger partial charge is 0.478 e. The number of halogens is 1. The Balaban J connectivity index is 1.84. The van der Waals surface area contributed by atoms with Gasteiger partial charge >= 0.3 is 5.97 Å². The number of nitrogens with one attached hydrogen (secondary N) is 1. The van der Waals surface area contributed by atoms with Crippen LogP contribution in [0.4, 0.5) is 5.69 Å². The predicted octanol–water partition coefficient (Wildman–Crippen LogP) is 3.08. The molecule has 1 heterocycles. The summed E-state index contributed by atoms with van der Waals surface area (Å²) in [5.41, 5.74) is 0.627. The third kappa shape index (κ3) is 4.13. The molecular formula is C18H17ClN2O5S. The van der Waals surface area contributed by atoms with E-state index in [0.717, 1.165) is 12.8 Å². The maximum absolute atomic E-state index is 12.7. The number of carboxylic acids is 1. The Morgan fingerprint density at radius 2 is 1.59 bits per heavy atom. The van der Waals surface area contributed by atoms with E-state index in [2.05, 4.69) is 5.32 Å². The van der Waals surface area contributed by atoms with Crippen LogP contribution in [-0.2, 0) is 10.0 Å². The SMILES string of the molecule is O=C(O)c1ccc(NC(=O)c2ccc(Cl)c(S(=O)(=O)N3CCCC3)c2)cc1. The summed E-state index contributed by atoms with van der Waals surface area (Å²) in [6.07, 6.45) is 1.59. The molecule has 0 spiro atoms. The quantitative estimate of drug-likeness (QED) is 0.791. The zero-order chi connectivity index (χ0) is 19.6. The number of carboxylic acid groups (broad SMARTS) is 1. The van der Waals surface area contributed by atoms with E-state index in [1.165, 1.54) is 46.8 Å². The molecule has 1 amide bonds. The van der Waals surface area contributed by atoms with E-state index in [9.17, 15) is 18.0 Å². The fourth-order valence-electron chi connectivity index (χ4n) is 2.81. The van der Waals surface area contributed by atoms with Crippen molar-refractivity contribution < 1.29 is 23.1 Å². The molecular weight excluding hydrogens is 392 g/mol. The van der Waals surface area contributed by atoms with E-state index < -0.39 is 21.9 Å². The second-order valence-electron chi connectivity index (χ2n) is 6.09. The zero-order valence-corrected chi connectivity index (χ0v) is 15.8. The Bertz CT molecular complexity index is 983. The summed E-state index contributed by atoms with van der Waals surface area (Å²) < 4.78 is 26.8. The first kappa shape index (κ1) is 19.3. The standard InChI is InChI=1S/C18H17ClN2O5S/c19-15-8-5-13(11-16(15)27(25,26)21-9-1-2-10-21)17(22)20-14-6-3-12(4-7-14)18(23)24/h3-8,11H,1-2,9-10H2,(H,20,22)(H,23,24). The third-order valence-corrected chi connectivity index (χ3v) is 6.65. The van der Waals surface area contributed by atoms with Crippen LogP contribution < -0.4 is 5.32 Å². The van der Waals surface area contributed by atoms with Crippen LogP contribution >= 0.6 is 11.6 Å². The first-order chi connectivity index (χ1) is 12.8. The van der Waals surface area contributed by atoms with Gasteiger partial charge in [-0.05, 0) is 55.3 Å². The van der Waals surface area contributed by atoms with E-state index >= 15 is 0 Å². The monoisotopic (exact) mass is 408 g/mol. The molecule has 2 N–H and O–H groups in total. The highest BCUT2D eigenvalue weighted by molar-refractivity contribution is 7.89. The lowest BCUT2D eigenvalue weighted by molar-refractivity contribution is 0.0696. The van der Waals surface area contributed by atoms with Crippen LogP contribution in [0.3, 0.4) is 0 Å². The molecule has 1 fully saturated rings. The second kappa shape index (κ2) is 7.67. The van der Waals surface area contributed by atoms with Gasteiger partial charge in [-0.2, -0.15) is 4.31 Å². The fourth-order valence-corrected chi connectivity index (χ4v) is 4.83. The van der Waals surface area contributed by atoms with Crippen LogP contribution in [0.5, 0.6) is 0 Å². The number of benzene rings is 2. The highest BCUT2D eigenvalue weighted by Gasteiger charge is 2.29. The van der Waals surface area contributed by atoms with E-state index in [1.54, 1.807) is 0 Å². The highest BCUT2D eigenvalue weighted by Crippen LogP contribution is 2.28. The molecule has 2 aromatic rings. The Hall–Kier alpha value is -2.42. The number of amides is 1. The molecule has 1 aliphatic heterocycles. The van der Waals surface area contributed by atoms with Gasteiger partial charge in [-0.1, -0.05) is 11.6 Å². The summed E-state index contributed by atoms with van der Waals surface area (Å²) in [5, 5.41) is 11.6. The molecule has 0 aromatic heterocycles. The molecule has 3 rings (SSSR count). The topological polar surface area (TPSA) is 104 Å². The summed E-state index contributed by atoms with van der Waals surface area (Å²) in [5.74, 6) is -1.59. The first-order valence-corrected chi connectivity index (χ1v) is 10.1. The molecule has 2 aromatic carbocycles. The minimum absolute atomic E-state index is 0.0595. The van der Waals surface area contributed by atoms with Gasteiger partial charge in [0.05, 0.1) is 10.6 Å². The van der Waals surface area contributed by atoms with Gasteiger partial charge in [-0.15, -0.1) is 0 Å². The molecule has 7 nitrogen and oxygen atoms in total. The lowest BCUT2D eigenvalue weighted by atomic mass is 10.2. The number of hydrogen-bond donors (Lipinski definition) is 2. The molecule has 0 radical (unpaired) electrons. The van der Waals surface area contributed by atoms with Crippen LogP contribution in [0.15, 0.2) is 47.4 Å². The van der Waals surface area contributed by atoms with Crippen molar-refractivity contribution in [2.24, 2.45) is 0 Å². The summed E-state index contributed by atoms with van der Waals surface area (Å²) in [6, 6.07) is 9.72. The van der Waals surface area contributed by atoms with Crippen molar-refractivity contribution in [3.05, 3.63) is 58.6 Å². The van der Waals surface area contributed by atoms with Crippen molar-refractivity contribution in [2.75, 3.05) is 18.4 Å². The van der Waals surface area contributed by atoms with Gasteiger partial charge in [-0.3, -0.25) is 4.79 Å². The number of nitrogens with zero attached hydrogens (tertiary/aromatic N) is 1. The summed E-state index contributed by atoms with van der Waals surface area (Å²) in [6.45, 7) is 0.871. The van der Waals surface area contributed by atoms with Gasteiger partial charge in [0, 0.05) is 24.3 Å². The van der Waals surface area contributed by atoms with Crippen molar-refractivity contribution in [3.63, 3.8) is 0 Å². The fraction of sp³-hybridized carbons (Fsp3) is 0.222. The third-order valence-electron chi connectivity index (χ3n) is 4.27. The Morgan fingerprint density at radius 1 is 1.00 bits per heavy atom. The molecule has 0 saturated carbocycles. The van der Waals surface area contributed by atoms with E-state index in [1.807, 2.05) is 0 Å². The second-order valence-corrected chi connectivity index (χ2v) is 8.41. The normalized spacial score (nSPS) is 14.9. The van der Waals surface area contributed by atoms with Crippen molar-refractivity contribution in [3.8, 4) is 0 Å². The van der Waals surface area contributed by atoms with Crippen molar-refractivity contribution in [1.82, 2.24) is 4.31 Å². The van der Waals surface area contributed by atoms with Crippen LogP contribution in [0.2, 0.25) is 5.02 Å². The number of hydrogen-bond acceptors (Lipinski definition) is 4. The molecule has 142 valence electrons. The summed E-state index contributed by atoms with van der Waals surface area (Å²) >= 11 is 6.08. The number of carbonyl (C=O) groups is 2. The number of rotatable bonds is 5. The average Bonchev–Trinajstić information content (AvgIpc) is 3.18. The average molecular weight is 409 g/mol. The molecule has 0 atom stereocenters. The van der Waals surface area contributed by atoms with Crippen LogP contribution in [0.25, 0.3) is 0 Å². The molecule has 0 unspecified atom stereocenters. The maximum Gasteiger partial charge on any atom is 0.335 e. The predicted molar refractivity (Wildman–Crippen MR) is 101 cm³/mol. The van der Waals surface area contributed by atoms with Gasteiger partial charge < -0.3 is 10.4 Å². The van der Waals surface area contributed by atoms with Crippen molar-refractivity contribution in [1.29, 1.82) is 0 Å². The first-order valence-electron chi connectivity index (χ1n) is 8.23. The zero-order valence-electron chi connectivity index (χ0n) is 14.2. The van der Waals surface area contributed by atoms with Gasteiger partial charge in [-0.25, -0.2) is 13.2 Å². The van der Waals surface area contributed by atoms with Crippen molar-refractivity contribution >= 4 is 39.2 Å². The summed E-state index contributed by atoms with van der Waals surface area (Å²) in [4.78, 5) is 23.2. The van der Waals surface area contributed by atoms with Crippen LogP contribution in [0.1, 0.15) is 33.6 Å². The van der Waals surface area contributed by atoms with E-state index in [-0.39, 0.29) is 21.0 Å². The minimum Gasteiger partial charge on any atom is -0.478 e. The lowest BCUT2D eigenvalue weighted by Gasteiger charge is -2.17. The number of carbonyl (C=O) groups excluding carboxylic acids is 1. The molecule has 1 aliphatic rings. The number of sulfonamides is 1. The van der Waals surface area contributed by atoms with Gasteiger partial charge in [0.2, 0.25) is 10.0 Å². The Morgan fingerprint density at radius 3 is 2.19 bits per heavy atom. The molecule has 0 aliphatic carbocycles. The van der Waals surface area contributed by atoms with E-state index in [4.69, 9.17) is 16.7 Å². The molecule has 27 heavy (non-hydrogen) atoms. The highest BCUT2D eigenvalue weighted by atomic mass is 35.5. The number of anilines is 1. The van der Waals surface area contributed by atoms with Gasteiger partial charge in [0.15, 0.2) is 0 Å². The number of aromatic carboxylic acids is 1. The van der Waals surface area contributed by atoms with E-state index in [0.29, 0.717) is 18.8 Å². The van der Waals surface area contributed by atoms with Crippen LogP contribution in [0, 0.1) is 0 Å². The molecule has 1 saturated heterocycles. The molecule has 9 heteroatoms. The summed E-state index contributed by atoms with van der Waals surface area (Å²) in [7, 11) is -3.76. The smallest absolute Gasteiger partial charge is 0.335 e. The Labute approximate surface area is 161 Å². The van der Waals surface area contributed by atoms with Gasteiger partial charge in [0.1, 0.15) is 4.90 Å². The Kier molecular flexibility index (Phi) is 5.50. The van der Waals surface area contributed by atoms with Crippen LogP contribution in [-0.4, -0.2) is 42.8 Å². The molecule has 0 bridgehead atoms. The maximum atomic E-state index is 12.7. The minimum atomic E-state index is -3.76. The van der Waals surface area contributed by atoms with Crippen molar-refractivity contribution in [2.45, 2.75) is 17.7 Å². The lowest BCUT2D eigenvalue weighted by Crippen LogP contribution is -2.28.